The van der Waals surface area contributed by atoms with Gasteiger partial charge in [0.05, 0.1) is 16.6 Å². The van der Waals surface area contributed by atoms with Crippen molar-refractivity contribution in [2.24, 2.45) is 7.05 Å². The number of aryl methyl sites for hydroxylation is 2. The Hall–Kier alpha value is -2.02. The Balaban J connectivity index is 1.62. The number of hydrogen-bond donors (Lipinski definition) is 0. The highest BCUT2D eigenvalue weighted by Crippen LogP contribution is 2.32. The molecular weight excluding hydrogens is 274 g/mol. The zero-order valence-electron chi connectivity index (χ0n) is 11.0. The molecule has 1 unspecified atom stereocenters. The second-order valence-corrected chi connectivity index (χ2v) is 5.89. The molecule has 0 spiro atoms. The lowest BCUT2D eigenvalue weighted by Gasteiger charge is -2.19. The van der Waals surface area contributed by atoms with Crippen LogP contribution >= 0.6 is 11.3 Å². The van der Waals surface area contributed by atoms with Crippen molar-refractivity contribution in [3.05, 3.63) is 35.1 Å². The molecule has 0 fully saturated rings. The van der Waals surface area contributed by atoms with Crippen molar-refractivity contribution in [1.82, 2.24) is 24.9 Å². The molecule has 20 heavy (non-hydrogen) atoms. The summed E-state index contributed by atoms with van der Waals surface area (Å²) in [5.41, 5.74) is 4.39. The van der Waals surface area contributed by atoms with E-state index < -0.39 is 0 Å². The van der Waals surface area contributed by atoms with Crippen LogP contribution in [0.1, 0.15) is 29.5 Å². The van der Waals surface area contributed by atoms with Gasteiger partial charge >= 0.3 is 0 Å². The molecule has 3 aromatic rings. The summed E-state index contributed by atoms with van der Waals surface area (Å²) in [7, 11) is 1.98. The molecule has 6 nitrogen and oxygen atoms in total. The fourth-order valence-electron chi connectivity index (χ4n) is 2.68. The summed E-state index contributed by atoms with van der Waals surface area (Å²) in [6.07, 6.45) is 6.69. The minimum absolute atomic E-state index is 0.284. The van der Waals surface area contributed by atoms with Gasteiger partial charge in [0.2, 0.25) is 11.7 Å². The maximum Gasteiger partial charge on any atom is 0.230 e. The fourth-order valence-corrected chi connectivity index (χ4v) is 3.23. The van der Waals surface area contributed by atoms with Crippen LogP contribution in [0.15, 0.2) is 22.4 Å². The molecule has 4 rings (SSSR count). The molecule has 102 valence electrons. The molecule has 0 N–H and O–H groups in total. The quantitative estimate of drug-likeness (QED) is 0.722. The summed E-state index contributed by atoms with van der Waals surface area (Å²) >= 11 is 1.52. The molecule has 0 amide bonds. The number of thiazole rings is 1. The number of fused-ring (bicyclic) bond motifs is 1. The third kappa shape index (κ3) is 1.85. The molecule has 1 aliphatic carbocycles. The molecule has 1 aliphatic rings. The number of rotatable bonds is 2. The van der Waals surface area contributed by atoms with E-state index in [0.717, 1.165) is 30.0 Å². The molecule has 0 saturated carbocycles. The number of nitrogens with zero attached hydrogens (tertiary/aromatic N) is 5. The predicted molar refractivity (Wildman–Crippen MR) is 73.4 cm³/mol. The van der Waals surface area contributed by atoms with Crippen LogP contribution in [0, 0.1) is 0 Å². The van der Waals surface area contributed by atoms with Crippen molar-refractivity contribution >= 4 is 11.3 Å². The van der Waals surface area contributed by atoms with Crippen molar-refractivity contribution in [2.45, 2.75) is 25.2 Å². The molecule has 7 heteroatoms. The summed E-state index contributed by atoms with van der Waals surface area (Å²) in [6.45, 7) is 0. The van der Waals surface area contributed by atoms with Crippen molar-refractivity contribution in [3.63, 3.8) is 0 Å². The summed E-state index contributed by atoms with van der Waals surface area (Å²) in [4.78, 5) is 9.51. The van der Waals surface area contributed by atoms with Crippen LogP contribution in [0.4, 0.5) is 0 Å². The van der Waals surface area contributed by atoms with E-state index in [0.29, 0.717) is 5.82 Å². The van der Waals surface area contributed by atoms with Crippen LogP contribution in [0.2, 0.25) is 0 Å². The van der Waals surface area contributed by atoms with Crippen molar-refractivity contribution < 1.29 is 4.52 Å². The van der Waals surface area contributed by atoms with Crippen LogP contribution < -0.4 is 0 Å². The lowest BCUT2D eigenvalue weighted by Crippen LogP contribution is -2.15. The predicted octanol–water partition coefficient (Wildman–Crippen LogP) is 2.20. The van der Waals surface area contributed by atoms with Gasteiger partial charge in [0.15, 0.2) is 0 Å². The summed E-state index contributed by atoms with van der Waals surface area (Å²) in [5.74, 6) is 1.64. The average Bonchev–Trinajstić information content (AvgIpc) is 3.18. The van der Waals surface area contributed by atoms with E-state index >= 15 is 0 Å². The van der Waals surface area contributed by atoms with Crippen LogP contribution in [0.3, 0.4) is 0 Å². The van der Waals surface area contributed by atoms with E-state index in [9.17, 15) is 0 Å². The topological polar surface area (TPSA) is 69.6 Å². The van der Waals surface area contributed by atoms with Gasteiger partial charge < -0.3 is 4.52 Å². The van der Waals surface area contributed by atoms with Crippen molar-refractivity contribution in [2.75, 3.05) is 0 Å². The van der Waals surface area contributed by atoms with Crippen LogP contribution in [-0.2, 0) is 19.9 Å². The van der Waals surface area contributed by atoms with Gasteiger partial charge in [-0.3, -0.25) is 9.67 Å². The Kier molecular flexibility index (Phi) is 2.66. The molecule has 3 heterocycles. The molecule has 0 radical (unpaired) electrons. The van der Waals surface area contributed by atoms with Gasteiger partial charge in [0, 0.05) is 31.3 Å². The van der Waals surface area contributed by atoms with Gasteiger partial charge in [-0.1, -0.05) is 5.16 Å². The lowest BCUT2D eigenvalue weighted by atomic mass is 9.88. The highest BCUT2D eigenvalue weighted by atomic mass is 32.1. The van der Waals surface area contributed by atoms with Gasteiger partial charge in [-0.15, -0.1) is 11.3 Å². The van der Waals surface area contributed by atoms with Crippen LogP contribution in [0.5, 0.6) is 0 Å². The standard InChI is InChI=1S/C13H13N5OS/c1-18-10-4-8(2-3-9(10)5-15-18)13-16-12(17-19-13)11-6-14-7-20-11/h5-8H,2-4H2,1H3. The number of hydrogen-bond acceptors (Lipinski definition) is 6. The van der Waals surface area contributed by atoms with Crippen LogP contribution in [-0.4, -0.2) is 24.9 Å². The van der Waals surface area contributed by atoms with Gasteiger partial charge in [-0.25, -0.2) is 0 Å². The zero-order valence-corrected chi connectivity index (χ0v) is 11.8. The fraction of sp³-hybridized carbons (Fsp3) is 0.385. The summed E-state index contributed by atoms with van der Waals surface area (Å²) < 4.78 is 7.39. The Morgan fingerprint density at radius 3 is 3.20 bits per heavy atom. The highest BCUT2D eigenvalue weighted by molar-refractivity contribution is 7.13. The van der Waals surface area contributed by atoms with E-state index in [-0.39, 0.29) is 5.92 Å². The van der Waals surface area contributed by atoms with Gasteiger partial charge in [-0.05, 0) is 18.4 Å². The number of aromatic nitrogens is 5. The Morgan fingerprint density at radius 2 is 2.35 bits per heavy atom. The first-order valence-electron chi connectivity index (χ1n) is 6.53. The Morgan fingerprint density at radius 1 is 1.40 bits per heavy atom. The average molecular weight is 287 g/mol. The van der Waals surface area contributed by atoms with E-state index in [1.54, 1.807) is 11.7 Å². The van der Waals surface area contributed by atoms with Crippen LogP contribution in [0.25, 0.3) is 10.7 Å². The summed E-state index contributed by atoms with van der Waals surface area (Å²) in [5, 5.41) is 8.38. The lowest BCUT2D eigenvalue weighted by molar-refractivity contribution is 0.338. The molecule has 0 aromatic carbocycles. The largest absolute Gasteiger partial charge is 0.339 e. The second kappa shape index (κ2) is 4.52. The van der Waals surface area contributed by atoms with E-state index in [1.165, 1.54) is 22.6 Å². The first-order valence-corrected chi connectivity index (χ1v) is 7.41. The van der Waals surface area contributed by atoms with Gasteiger partial charge in [0.1, 0.15) is 0 Å². The zero-order chi connectivity index (χ0) is 13.5. The second-order valence-electron chi connectivity index (χ2n) is 5.00. The van der Waals surface area contributed by atoms with Gasteiger partial charge in [-0.2, -0.15) is 10.1 Å². The van der Waals surface area contributed by atoms with E-state index in [2.05, 4.69) is 20.2 Å². The summed E-state index contributed by atoms with van der Waals surface area (Å²) in [6, 6.07) is 0. The smallest absolute Gasteiger partial charge is 0.230 e. The molecule has 0 saturated heterocycles. The maximum absolute atomic E-state index is 5.45. The van der Waals surface area contributed by atoms with Gasteiger partial charge in [0.25, 0.3) is 0 Å². The molecule has 1 atom stereocenters. The third-order valence-electron chi connectivity index (χ3n) is 3.79. The first kappa shape index (κ1) is 11.8. The Labute approximate surface area is 119 Å². The SMILES string of the molecule is Cn1ncc2c1CC(c1nc(-c3cncs3)no1)CC2. The molecule has 3 aromatic heterocycles. The third-order valence-corrected chi connectivity index (χ3v) is 4.56. The molecule has 0 bridgehead atoms. The minimum atomic E-state index is 0.284. The Bertz CT molecular complexity index is 730. The normalized spacial score (nSPS) is 18.1. The van der Waals surface area contributed by atoms with Crippen molar-refractivity contribution in [3.8, 4) is 10.7 Å². The first-order chi connectivity index (χ1) is 9.81. The monoisotopic (exact) mass is 287 g/mol. The maximum atomic E-state index is 5.45. The highest BCUT2D eigenvalue weighted by Gasteiger charge is 2.27. The van der Waals surface area contributed by atoms with Crippen molar-refractivity contribution in [1.29, 1.82) is 0 Å². The molecular formula is C13H13N5OS. The van der Waals surface area contributed by atoms with E-state index in [4.69, 9.17) is 4.52 Å². The minimum Gasteiger partial charge on any atom is -0.339 e. The van der Waals surface area contributed by atoms with E-state index in [1.807, 2.05) is 17.9 Å². The molecule has 0 aliphatic heterocycles.